The number of aryl methyl sites for hydroxylation is 1. The maximum atomic E-state index is 12.6. The fraction of sp³-hybridized carbons (Fsp3) is 0.611. The Balaban J connectivity index is 1.77. The van der Waals surface area contributed by atoms with E-state index in [0.29, 0.717) is 6.54 Å². The minimum Gasteiger partial charge on any atom is -0.320 e. The van der Waals surface area contributed by atoms with Crippen LogP contribution in [0.1, 0.15) is 45.6 Å². The number of amides is 2. The molecule has 0 spiro atoms. The number of fused-ring (bicyclic) bond motifs is 2. The highest BCUT2D eigenvalue weighted by molar-refractivity contribution is 7.90. The zero-order chi connectivity index (χ0) is 17.8. The monoisotopic (exact) mass is 350 g/mol. The van der Waals surface area contributed by atoms with Gasteiger partial charge in [-0.1, -0.05) is 38.5 Å². The Hall–Kier alpha value is -1.56. The van der Waals surface area contributed by atoms with Crippen LogP contribution in [0.25, 0.3) is 0 Å². The van der Waals surface area contributed by atoms with Gasteiger partial charge < -0.3 is 4.90 Å². The van der Waals surface area contributed by atoms with E-state index in [9.17, 15) is 13.2 Å². The van der Waals surface area contributed by atoms with Gasteiger partial charge >= 0.3 is 6.03 Å². The van der Waals surface area contributed by atoms with Crippen LogP contribution in [0.3, 0.4) is 0 Å². The van der Waals surface area contributed by atoms with Crippen molar-refractivity contribution in [2.75, 3.05) is 6.54 Å². The maximum Gasteiger partial charge on any atom is 0.331 e. The van der Waals surface area contributed by atoms with E-state index in [1.54, 1.807) is 17.0 Å². The highest BCUT2D eigenvalue weighted by Gasteiger charge is 2.51. The third-order valence-corrected chi connectivity index (χ3v) is 6.56. The summed E-state index contributed by atoms with van der Waals surface area (Å²) in [6.07, 6.45) is 2.93. The summed E-state index contributed by atoms with van der Waals surface area (Å²) in [4.78, 5) is 14.5. The standard InChI is InChI=1S/C18H26N2O3S/c1-13-5-7-15(8-6-13)24(22,23)19-16(21)20-12-18(4)10-14(20)9-17(2,3)11-18/h5-8,14H,9-12H2,1-4H3,(H,19,21)/t14-,18-/m1/s1. The van der Waals surface area contributed by atoms with Gasteiger partial charge in [-0.25, -0.2) is 17.9 Å². The third kappa shape index (κ3) is 3.29. The molecule has 2 aliphatic rings. The second-order valence-electron chi connectivity index (χ2n) is 8.57. The fourth-order valence-electron chi connectivity index (χ4n) is 4.65. The molecule has 1 saturated carbocycles. The number of hydrogen-bond acceptors (Lipinski definition) is 3. The zero-order valence-corrected chi connectivity index (χ0v) is 15.6. The molecule has 0 radical (unpaired) electrons. The lowest BCUT2D eigenvalue weighted by Crippen LogP contribution is -2.45. The molecule has 1 aliphatic carbocycles. The summed E-state index contributed by atoms with van der Waals surface area (Å²) < 4.78 is 27.2. The van der Waals surface area contributed by atoms with Crippen molar-refractivity contribution < 1.29 is 13.2 Å². The first-order chi connectivity index (χ1) is 11.0. The molecule has 2 fully saturated rings. The number of carbonyl (C=O) groups excluding carboxylic acids is 1. The smallest absolute Gasteiger partial charge is 0.320 e. The third-order valence-electron chi connectivity index (χ3n) is 5.23. The number of benzene rings is 1. The topological polar surface area (TPSA) is 66.5 Å². The largest absolute Gasteiger partial charge is 0.331 e. The number of urea groups is 1. The van der Waals surface area contributed by atoms with Crippen molar-refractivity contribution in [3.8, 4) is 0 Å². The summed E-state index contributed by atoms with van der Waals surface area (Å²) in [5.41, 5.74) is 1.24. The molecule has 24 heavy (non-hydrogen) atoms. The van der Waals surface area contributed by atoms with Gasteiger partial charge in [0.2, 0.25) is 0 Å². The van der Waals surface area contributed by atoms with E-state index in [1.165, 1.54) is 12.1 Å². The summed E-state index contributed by atoms with van der Waals surface area (Å²) in [7, 11) is -3.83. The highest BCUT2D eigenvalue weighted by Crippen LogP contribution is 2.52. The molecule has 5 nitrogen and oxygen atoms in total. The number of nitrogens with zero attached hydrogens (tertiary/aromatic N) is 1. The summed E-state index contributed by atoms with van der Waals surface area (Å²) in [6.45, 7) is 9.16. The Morgan fingerprint density at radius 1 is 1.17 bits per heavy atom. The molecule has 1 aliphatic heterocycles. The van der Waals surface area contributed by atoms with Crippen LogP contribution in [-0.4, -0.2) is 31.9 Å². The quantitative estimate of drug-likeness (QED) is 0.890. The van der Waals surface area contributed by atoms with Crippen LogP contribution in [0.15, 0.2) is 29.2 Å². The van der Waals surface area contributed by atoms with Crippen LogP contribution >= 0.6 is 0 Å². The van der Waals surface area contributed by atoms with Crippen LogP contribution in [0.2, 0.25) is 0 Å². The first-order valence-corrected chi connectivity index (χ1v) is 9.88. The van der Waals surface area contributed by atoms with Gasteiger partial charge in [-0.3, -0.25) is 0 Å². The SMILES string of the molecule is Cc1ccc(S(=O)(=O)NC(=O)N2C[C@]3(C)C[C@H]2CC(C)(C)C3)cc1. The Kier molecular flexibility index (Phi) is 3.94. The molecule has 6 heteroatoms. The van der Waals surface area contributed by atoms with Gasteiger partial charge in [0, 0.05) is 12.6 Å². The second kappa shape index (κ2) is 5.48. The number of carbonyl (C=O) groups is 1. The second-order valence-corrected chi connectivity index (χ2v) is 10.2. The van der Waals surface area contributed by atoms with Gasteiger partial charge in [0.1, 0.15) is 0 Å². The Morgan fingerprint density at radius 2 is 1.79 bits per heavy atom. The van der Waals surface area contributed by atoms with Crippen LogP contribution in [0, 0.1) is 17.8 Å². The molecular weight excluding hydrogens is 324 g/mol. The lowest BCUT2D eigenvalue weighted by atomic mass is 9.65. The van der Waals surface area contributed by atoms with Gasteiger partial charge in [0.25, 0.3) is 10.0 Å². The number of likely N-dealkylation sites (tertiary alicyclic amines) is 1. The zero-order valence-electron chi connectivity index (χ0n) is 14.8. The number of nitrogens with one attached hydrogen (secondary N) is 1. The number of hydrogen-bond donors (Lipinski definition) is 1. The Bertz CT molecular complexity index is 755. The first kappa shape index (κ1) is 17.3. The Morgan fingerprint density at radius 3 is 2.42 bits per heavy atom. The van der Waals surface area contributed by atoms with Crippen molar-refractivity contribution >= 4 is 16.1 Å². The molecule has 0 unspecified atom stereocenters. The molecular formula is C18H26N2O3S. The summed E-state index contributed by atoms with van der Waals surface area (Å²) in [5, 5.41) is 0. The molecule has 2 amide bonds. The molecule has 1 aromatic carbocycles. The summed E-state index contributed by atoms with van der Waals surface area (Å²) in [6, 6.07) is 6.13. The van der Waals surface area contributed by atoms with Crippen molar-refractivity contribution in [1.82, 2.24) is 9.62 Å². The van der Waals surface area contributed by atoms with Crippen LogP contribution in [0.5, 0.6) is 0 Å². The van der Waals surface area contributed by atoms with Gasteiger partial charge in [-0.05, 0) is 49.1 Å². The van der Waals surface area contributed by atoms with E-state index in [0.717, 1.165) is 24.8 Å². The van der Waals surface area contributed by atoms with Crippen molar-refractivity contribution in [2.45, 2.75) is 57.9 Å². The molecule has 0 aromatic heterocycles. The van der Waals surface area contributed by atoms with E-state index in [2.05, 4.69) is 25.5 Å². The minimum atomic E-state index is -3.83. The maximum absolute atomic E-state index is 12.6. The van der Waals surface area contributed by atoms with Crippen LogP contribution in [0.4, 0.5) is 4.79 Å². The summed E-state index contributed by atoms with van der Waals surface area (Å²) in [5.74, 6) is 0. The van der Waals surface area contributed by atoms with Gasteiger partial charge in [-0.15, -0.1) is 0 Å². The van der Waals surface area contributed by atoms with E-state index < -0.39 is 16.1 Å². The Labute approximate surface area is 144 Å². The van der Waals surface area contributed by atoms with Crippen molar-refractivity contribution in [3.05, 3.63) is 29.8 Å². The molecule has 1 aromatic rings. The normalized spacial score (nSPS) is 28.7. The highest BCUT2D eigenvalue weighted by atomic mass is 32.2. The molecule has 2 bridgehead atoms. The predicted molar refractivity (Wildman–Crippen MR) is 93.1 cm³/mol. The first-order valence-electron chi connectivity index (χ1n) is 8.40. The summed E-state index contributed by atoms with van der Waals surface area (Å²) >= 11 is 0. The lowest BCUT2D eigenvalue weighted by Gasteiger charge is -2.39. The lowest BCUT2D eigenvalue weighted by molar-refractivity contribution is 0.129. The van der Waals surface area contributed by atoms with Crippen LogP contribution < -0.4 is 4.72 Å². The molecule has 1 heterocycles. The minimum absolute atomic E-state index is 0.0807. The van der Waals surface area contributed by atoms with Crippen molar-refractivity contribution in [2.24, 2.45) is 10.8 Å². The van der Waals surface area contributed by atoms with Gasteiger partial charge in [-0.2, -0.15) is 0 Å². The fourth-order valence-corrected chi connectivity index (χ4v) is 5.61. The molecule has 1 saturated heterocycles. The average Bonchev–Trinajstić information content (AvgIpc) is 2.68. The van der Waals surface area contributed by atoms with Crippen molar-refractivity contribution in [3.63, 3.8) is 0 Å². The van der Waals surface area contributed by atoms with E-state index in [-0.39, 0.29) is 21.8 Å². The number of rotatable bonds is 2. The van der Waals surface area contributed by atoms with Gasteiger partial charge in [0.15, 0.2) is 0 Å². The molecule has 3 rings (SSSR count). The molecule has 1 N–H and O–H groups in total. The van der Waals surface area contributed by atoms with Crippen molar-refractivity contribution in [1.29, 1.82) is 0 Å². The van der Waals surface area contributed by atoms with Crippen LogP contribution in [-0.2, 0) is 10.0 Å². The average molecular weight is 350 g/mol. The van der Waals surface area contributed by atoms with E-state index in [4.69, 9.17) is 0 Å². The molecule has 2 atom stereocenters. The van der Waals surface area contributed by atoms with E-state index >= 15 is 0 Å². The number of sulfonamides is 1. The molecule has 132 valence electrons. The van der Waals surface area contributed by atoms with Gasteiger partial charge in [0.05, 0.1) is 4.90 Å². The predicted octanol–water partition coefficient (Wildman–Crippen LogP) is 3.29. The van der Waals surface area contributed by atoms with E-state index in [1.807, 2.05) is 6.92 Å².